The van der Waals surface area contributed by atoms with E-state index in [1.807, 2.05) is 6.92 Å². The summed E-state index contributed by atoms with van der Waals surface area (Å²) in [7, 11) is 0. The number of rotatable bonds is 5. The lowest BCUT2D eigenvalue weighted by Gasteiger charge is -2.61. The van der Waals surface area contributed by atoms with Crippen LogP contribution in [0.15, 0.2) is 0 Å². The minimum atomic E-state index is 0.466. The van der Waals surface area contributed by atoms with Gasteiger partial charge in [0.05, 0.1) is 0 Å². The Balaban J connectivity index is 1.49. The van der Waals surface area contributed by atoms with Crippen LogP contribution in [0.2, 0.25) is 0 Å². The van der Waals surface area contributed by atoms with Gasteiger partial charge in [-0.25, -0.2) is 0 Å². The molecule has 0 saturated heterocycles. The molecule has 0 aromatic rings. The Morgan fingerprint density at radius 3 is 2.48 bits per heavy atom. The Morgan fingerprint density at radius 2 is 1.70 bits per heavy atom. The topological polar surface area (TPSA) is 17.1 Å². The van der Waals surface area contributed by atoms with Crippen molar-refractivity contribution in [2.45, 2.75) is 111 Å². The van der Waals surface area contributed by atoms with E-state index in [-0.39, 0.29) is 0 Å². The first-order valence-corrected chi connectivity index (χ1v) is 12.4. The zero-order chi connectivity index (χ0) is 19.2. The smallest absolute Gasteiger partial charge is 0.132 e. The summed E-state index contributed by atoms with van der Waals surface area (Å²) in [4.78, 5) is 11.9. The second-order valence-electron chi connectivity index (χ2n) is 11.5. The maximum absolute atomic E-state index is 11.9. The Kier molecular flexibility index (Phi) is 5.54. The van der Waals surface area contributed by atoms with Crippen LogP contribution in [-0.4, -0.2) is 5.78 Å². The average Bonchev–Trinajstić information content (AvgIpc) is 3.02. The van der Waals surface area contributed by atoms with Crippen molar-refractivity contribution in [3.8, 4) is 0 Å². The van der Waals surface area contributed by atoms with Crippen molar-refractivity contribution in [3.05, 3.63) is 0 Å². The number of hydrogen-bond donors (Lipinski definition) is 0. The largest absolute Gasteiger partial charge is 0.300 e. The standard InChI is InChI=1S/C26H44O/c1-5-20(27)11-9-18(2)22-13-14-23-21-12-10-19-8-6-7-16-25(19,3)24(21)15-17-26(22,23)4/h18-19,21-24H,5-17H2,1-4H3/t18-,19?,21?,22-,23?,24?,25+,26-/m1/s1. The fraction of sp³-hybridized carbons (Fsp3) is 0.962. The molecule has 1 heteroatoms. The van der Waals surface area contributed by atoms with E-state index in [0.29, 0.717) is 16.6 Å². The first-order chi connectivity index (χ1) is 12.9. The predicted octanol–water partition coefficient (Wildman–Crippen LogP) is 7.43. The van der Waals surface area contributed by atoms with Crippen LogP contribution in [0.1, 0.15) is 111 Å². The van der Waals surface area contributed by atoms with Crippen LogP contribution < -0.4 is 0 Å². The molecule has 0 spiro atoms. The third-order valence-electron chi connectivity index (χ3n) is 10.6. The monoisotopic (exact) mass is 372 g/mol. The van der Waals surface area contributed by atoms with Gasteiger partial charge in [-0.15, -0.1) is 0 Å². The van der Waals surface area contributed by atoms with Gasteiger partial charge in [0, 0.05) is 12.8 Å². The molecule has 4 unspecified atom stereocenters. The highest BCUT2D eigenvalue weighted by Crippen LogP contribution is 2.68. The SMILES string of the molecule is CCC(=O)CC[C@@H](C)[C@H]1CCC2C3CCC4CCCC[C@]4(C)C3CC[C@@]21C. The summed E-state index contributed by atoms with van der Waals surface area (Å²) < 4.78 is 0. The first kappa shape index (κ1) is 20.0. The quantitative estimate of drug-likeness (QED) is 0.490. The highest BCUT2D eigenvalue weighted by Gasteiger charge is 2.60. The van der Waals surface area contributed by atoms with Crippen LogP contribution in [-0.2, 0) is 4.79 Å². The van der Waals surface area contributed by atoms with Crippen molar-refractivity contribution in [2.24, 2.45) is 46.3 Å². The van der Waals surface area contributed by atoms with Crippen LogP contribution in [0.3, 0.4) is 0 Å². The zero-order valence-electron chi connectivity index (χ0n) is 18.6. The van der Waals surface area contributed by atoms with Crippen LogP contribution in [0.4, 0.5) is 0 Å². The van der Waals surface area contributed by atoms with Crippen molar-refractivity contribution in [2.75, 3.05) is 0 Å². The van der Waals surface area contributed by atoms with Crippen LogP contribution in [0, 0.1) is 46.3 Å². The number of ketones is 1. The lowest BCUT2D eigenvalue weighted by molar-refractivity contribution is -0.120. The average molecular weight is 373 g/mol. The van der Waals surface area contributed by atoms with Gasteiger partial charge in [0.1, 0.15) is 5.78 Å². The molecular formula is C26H44O. The molecule has 4 fully saturated rings. The van der Waals surface area contributed by atoms with Gasteiger partial charge >= 0.3 is 0 Å². The molecule has 0 bridgehead atoms. The van der Waals surface area contributed by atoms with Crippen LogP contribution >= 0.6 is 0 Å². The lowest BCUT2D eigenvalue weighted by atomic mass is 9.44. The summed E-state index contributed by atoms with van der Waals surface area (Å²) in [6, 6.07) is 0. The van der Waals surface area contributed by atoms with Gasteiger partial charge in [-0.1, -0.05) is 40.5 Å². The maximum Gasteiger partial charge on any atom is 0.132 e. The third-order valence-corrected chi connectivity index (χ3v) is 10.6. The first-order valence-electron chi connectivity index (χ1n) is 12.4. The Labute approximate surface area is 168 Å². The van der Waals surface area contributed by atoms with Gasteiger partial charge in [-0.3, -0.25) is 4.79 Å². The van der Waals surface area contributed by atoms with Crippen molar-refractivity contribution in [1.29, 1.82) is 0 Å². The third kappa shape index (κ3) is 3.24. The Bertz CT molecular complexity index is 552. The van der Waals surface area contributed by atoms with Gasteiger partial charge in [0.25, 0.3) is 0 Å². The number of carbonyl (C=O) groups excluding carboxylic acids is 1. The van der Waals surface area contributed by atoms with Gasteiger partial charge in [0.2, 0.25) is 0 Å². The highest BCUT2D eigenvalue weighted by molar-refractivity contribution is 5.77. The van der Waals surface area contributed by atoms with E-state index in [1.54, 1.807) is 0 Å². The van der Waals surface area contributed by atoms with Crippen molar-refractivity contribution < 1.29 is 4.79 Å². The summed E-state index contributed by atoms with van der Waals surface area (Å²) in [6.45, 7) is 9.84. The van der Waals surface area contributed by atoms with E-state index in [4.69, 9.17) is 0 Å². The molecule has 27 heavy (non-hydrogen) atoms. The summed E-state index contributed by atoms with van der Waals surface area (Å²) in [5.41, 5.74) is 1.23. The number of Topliss-reactive ketones (excluding diaryl/α,β-unsaturated/α-hetero) is 1. The van der Waals surface area contributed by atoms with E-state index < -0.39 is 0 Å². The Morgan fingerprint density at radius 1 is 0.926 bits per heavy atom. The molecule has 8 atom stereocenters. The van der Waals surface area contributed by atoms with Gasteiger partial charge in [-0.05, 0) is 104 Å². The minimum Gasteiger partial charge on any atom is -0.300 e. The predicted molar refractivity (Wildman–Crippen MR) is 114 cm³/mol. The number of carbonyl (C=O) groups is 1. The van der Waals surface area contributed by atoms with Crippen LogP contribution in [0.5, 0.6) is 0 Å². The number of fused-ring (bicyclic) bond motifs is 5. The van der Waals surface area contributed by atoms with Crippen molar-refractivity contribution in [1.82, 2.24) is 0 Å². The van der Waals surface area contributed by atoms with E-state index in [1.165, 1.54) is 64.2 Å². The van der Waals surface area contributed by atoms with Gasteiger partial charge < -0.3 is 0 Å². The van der Waals surface area contributed by atoms with E-state index in [9.17, 15) is 4.79 Å². The Hall–Kier alpha value is -0.330. The zero-order valence-corrected chi connectivity index (χ0v) is 18.6. The summed E-state index contributed by atoms with van der Waals surface area (Å²) >= 11 is 0. The number of hydrogen-bond acceptors (Lipinski definition) is 1. The summed E-state index contributed by atoms with van der Waals surface area (Å²) in [6.07, 6.45) is 17.6. The second-order valence-corrected chi connectivity index (χ2v) is 11.5. The van der Waals surface area contributed by atoms with Crippen molar-refractivity contribution >= 4 is 5.78 Å². The molecule has 4 rings (SSSR count). The maximum atomic E-state index is 11.9. The molecule has 4 saturated carbocycles. The fourth-order valence-corrected chi connectivity index (χ4v) is 9.04. The molecule has 0 amide bonds. The molecule has 4 aliphatic carbocycles. The van der Waals surface area contributed by atoms with E-state index >= 15 is 0 Å². The molecule has 0 aromatic carbocycles. The molecule has 0 aliphatic heterocycles. The van der Waals surface area contributed by atoms with Crippen LogP contribution in [0.25, 0.3) is 0 Å². The summed E-state index contributed by atoms with van der Waals surface area (Å²) in [5.74, 6) is 6.11. The molecule has 154 valence electrons. The van der Waals surface area contributed by atoms with Gasteiger partial charge in [-0.2, -0.15) is 0 Å². The molecule has 0 N–H and O–H groups in total. The normalized spacial score (nSPS) is 47.6. The minimum absolute atomic E-state index is 0.466. The van der Waals surface area contributed by atoms with Crippen molar-refractivity contribution in [3.63, 3.8) is 0 Å². The van der Waals surface area contributed by atoms with Gasteiger partial charge in [0.15, 0.2) is 0 Å². The lowest BCUT2D eigenvalue weighted by Crippen LogP contribution is -2.53. The highest BCUT2D eigenvalue weighted by atomic mass is 16.1. The fourth-order valence-electron chi connectivity index (χ4n) is 9.04. The molecule has 1 nitrogen and oxygen atoms in total. The molecule has 0 heterocycles. The molecule has 0 aromatic heterocycles. The molecule has 4 aliphatic rings. The van der Waals surface area contributed by atoms with E-state index in [2.05, 4.69) is 20.8 Å². The van der Waals surface area contributed by atoms with E-state index in [0.717, 1.165) is 54.8 Å². The molecule has 0 radical (unpaired) electrons. The summed E-state index contributed by atoms with van der Waals surface area (Å²) in [5, 5.41) is 0. The second kappa shape index (κ2) is 7.49. The molecular weight excluding hydrogens is 328 g/mol.